The Morgan fingerprint density at radius 2 is 2.00 bits per heavy atom. The van der Waals surface area contributed by atoms with Gasteiger partial charge in [-0.25, -0.2) is 9.97 Å². The Morgan fingerprint density at radius 1 is 1.17 bits per heavy atom. The Hall–Kier alpha value is -1.46. The molecule has 3 aliphatic rings. The normalized spacial score (nSPS) is 28.8. The monoisotopic (exact) mass is 314 g/mol. The number of nitrogens with two attached hydrogens (primary N) is 1. The smallest absolute Gasteiger partial charge is 0.130 e. The number of anilines is 1. The molecular formula is C18H26N4O. The number of aliphatic hydroxyl groups is 1. The van der Waals surface area contributed by atoms with Crippen LogP contribution in [0.15, 0.2) is 12.4 Å². The molecule has 1 aromatic rings. The quantitative estimate of drug-likeness (QED) is 0.891. The van der Waals surface area contributed by atoms with Crippen LogP contribution in [0.4, 0.5) is 5.82 Å². The van der Waals surface area contributed by atoms with E-state index in [1.807, 2.05) is 0 Å². The van der Waals surface area contributed by atoms with Crippen molar-refractivity contribution in [3.05, 3.63) is 23.7 Å². The molecule has 0 aromatic carbocycles. The largest absolute Gasteiger partial charge is 0.391 e. The van der Waals surface area contributed by atoms with Gasteiger partial charge in [-0.15, -0.1) is 0 Å². The van der Waals surface area contributed by atoms with Crippen LogP contribution < -0.4 is 5.73 Å². The summed E-state index contributed by atoms with van der Waals surface area (Å²) in [6, 6.07) is 0. The molecule has 2 atom stereocenters. The molecule has 2 heterocycles. The first-order chi connectivity index (χ1) is 11.2. The van der Waals surface area contributed by atoms with Gasteiger partial charge in [-0.05, 0) is 17.9 Å². The zero-order valence-electron chi connectivity index (χ0n) is 13.6. The molecule has 5 heteroatoms. The maximum atomic E-state index is 10.5. The maximum absolute atomic E-state index is 10.5. The van der Waals surface area contributed by atoms with Gasteiger partial charge in [0.05, 0.1) is 11.8 Å². The third-order valence-electron chi connectivity index (χ3n) is 5.89. The number of aromatic nitrogens is 2. The van der Waals surface area contributed by atoms with Crippen LogP contribution in [0, 0.1) is 11.8 Å². The minimum Gasteiger partial charge on any atom is -0.391 e. The van der Waals surface area contributed by atoms with Crippen LogP contribution in [0.3, 0.4) is 0 Å². The number of nitrogen functional groups attached to an aromatic ring is 1. The summed E-state index contributed by atoms with van der Waals surface area (Å²) in [7, 11) is 0. The van der Waals surface area contributed by atoms with Crippen molar-refractivity contribution in [3.8, 4) is 0 Å². The van der Waals surface area contributed by atoms with Crippen LogP contribution in [0.1, 0.15) is 43.4 Å². The van der Waals surface area contributed by atoms with Gasteiger partial charge in [0, 0.05) is 31.1 Å². The van der Waals surface area contributed by atoms with Gasteiger partial charge in [0.25, 0.3) is 0 Å². The number of hydrogen-bond acceptors (Lipinski definition) is 5. The first-order valence-corrected chi connectivity index (χ1v) is 8.91. The number of rotatable bonds is 3. The molecule has 1 aromatic heterocycles. The molecule has 4 rings (SSSR count). The summed E-state index contributed by atoms with van der Waals surface area (Å²) in [4.78, 5) is 10.9. The summed E-state index contributed by atoms with van der Waals surface area (Å²) in [5.41, 5.74) is 9.26. The van der Waals surface area contributed by atoms with Crippen LogP contribution in [-0.2, 0) is 6.42 Å². The second-order valence-corrected chi connectivity index (χ2v) is 7.34. The van der Waals surface area contributed by atoms with E-state index in [9.17, 15) is 5.11 Å². The first kappa shape index (κ1) is 15.1. The van der Waals surface area contributed by atoms with Gasteiger partial charge in [-0.2, -0.15) is 0 Å². The van der Waals surface area contributed by atoms with Crippen molar-refractivity contribution >= 4 is 11.4 Å². The number of fused-ring (bicyclic) bond motifs is 1. The molecule has 1 saturated carbocycles. The molecule has 5 nitrogen and oxygen atoms in total. The predicted octanol–water partition coefficient (Wildman–Crippen LogP) is 1.87. The van der Waals surface area contributed by atoms with Crippen LogP contribution in [-0.4, -0.2) is 45.7 Å². The summed E-state index contributed by atoms with van der Waals surface area (Å²) in [6.45, 7) is 2.66. The lowest BCUT2D eigenvalue weighted by Gasteiger charge is -2.29. The standard InChI is InChI=1S/C18H26N4O/c19-18-14-7-6-13(17(14)20-11-21-18)8-22-9-15(16(23)10-22)12-4-2-1-3-5-12/h6,11-12,15-16,23H,1-5,7-10H2,(H2,19,20,21)/t15-,16+/m1/s1. The summed E-state index contributed by atoms with van der Waals surface area (Å²) in [6.07, 6.45) is 11.1. The number of nitrogens with zero attached hydrogens (tertiary/aromatic N) is 3. The van der Waals surface area contributed by atoms with E-state index in [1.165, 1.54) is 37.7 Å². The maximum Gasteiger partial charge on any atom is 0.130 e. The molecule has 1 aliphatic heterocycles. The lowest BCUT2D eigenvalue weighted by molar-refractivity contribution is 0.0966. The Kier molecular flexibility index (Phi) is 4.07. The highest BCUT2D eigenvalue weighted by Crippen LogP contribution is 2.36. The summed E-state index contributed by atoms with van der Waals surface area (Å²) >= 11 is 0. The van der Waals surface area contributed by atoms with Crippen LogP contribution in [0.25, 0.3) is 5.57 Å². The van der Waals surface area contributed by atoms with Crippen molar-refractivity contribution in [1.29, 1.82) is 0 Å². The highest BCUT2D eigenvalue weighted by Gasteiger charge is 2.37. The number of hydrogen-bond donors (Lipinski definition) is 2. The third-order valence-corrected chi connectivity index (χ3v) is 5.89. The minimum atomic E-state index is -0.171. The van der Waals surface area contributed by atoms with Crippen molar-refractivity contribution in [2.75, 3.05) is 25.4 Å². The van der Waals surface area contributed by atoms with Crippen LogP contribution in [0.2, 0.25) is 0 Å². The molecule has 124 valence electrons. The predicted molar refractivity (Wildman–Crippen MR) is 90.6 cm³/mol. The van der Waals surface area contributed by atoms with E-state index < -0.39 is 0 Å². The average molecular weight is 314 g/mol. The molecule has 3 N–H and O–H groups in total. The number of aliphatic hydroxyl groups excluding tert-OH is 1. The second-order valence-electron chi connectivity index (χ2n) is 7.34. The summed E-state index contributed by atoms with van der Waals surface area (Å²) in [5, 5.41) is 10.5. The molecule has 2 aliphatic carbocycles. The summed E-state index contributed by atoms with van der Waals surface area (Å²) in [5.74, 6) is 1.77. The second kappa shape index (κ2) is 6.21. The van der Waals surface area contributed by atoms with Crippen molar-refractivity contribution in [3.63, 3.8) is 0 Å². The highest BCUT2D eigenvalue weighted by molar-refractivity contribution is 5.74. The summed E-state index contributed by atoms with van der Waals surface area (Å²) < 4.78 is 0. The fourth-order valence-corrected chi connectivity index (χ4v) is 4.66. The topological polar surface area (TPSA) is 75.3 Å². The molecule has 0 unspecified atom stereocenters. The lowest BCUT2D eigenvalue weighted by Crippen LogP contribution is -2.28. The third kappa shape index (κ3) is 2.88. The van der Waals surface area contributed by atoms with Gasteiger partial charge in [0.2, 0.25) is 0 Å². The van der Waals surface area contributed by atoms with E-state index in [1.54, 1.807) is 6.33 Å². The zero-order valence-corrected chi connectivity index (χ0v) is 13.6. The average Bonchev–Trinajstić information content (AvgIpc) is 3.14. The van der Waals surface area contributed by atoms with Gasteiger partial charge in [-0.1, -0.05) is 38.2 Å². The Balaban J connectivity index is 1.42. The van der Waals surface area contributed by atoms with Gasteiger partial charge < -0.3 is 10.8 Å². The van der Waals surface area contributed by atoms with E-state index in [2.05, 4.69) is 20.9 Å². The Bertz CT molecular complexity index is 609. The van der Waals surface area contributed by atoms with Gasteiger partial charge in [0.15, 0.2) is 0 Å². The van der Waals surface area contributed by atoms with Crippen molar-refractivity contribution < 1.29 is 5.11 Å². The van der Waals surface area contributed by atoms with Crippen molar-refractivity contribution in [2.45, 2.75) is 44.6 Å². The molecule has 0 radical (unpaired) electrons. The Morgan fingerprint density at radius 3 is 2.83 bits per heavy atom. The van der Waals surface area contributed by atoms with Gasteiger partial charge >= 0.3 is 0 Å². The number of β-amino-alcohol motifs (C(OH)–C–C–N with tert-alkyl or cyclic N) is 1. The Labute approximate surface area is 137 Å². The van der Waals surface area contributed by atoms with Crippen molar-refractivity contribution in [1.82, 2.24) is 14.9 Å². The van der Waals surface area contributed by atoms with E-state index in [0.717, 1.165) is 37.3 Å². The molecule has 0 bridgehead atoms. The van der Waals surface area contributed by atoms with Crippen LogP contribution in [0.5, 0.6) is 0 Å². The van der Waals surface area contributed by atoms with Gasteiger partial charge in [-0.3, -0.25) is 4.90 Å². The van der Waals surface area contributed by atoms with Crippen LogP contribution >= 0.6 is 0 Å². The lowest BCUT2D eigenvalue weighted by atomic mass is 9.79. The molecule has 0 amide bonds. The van der Waals surface area contributed by atoms with E-state index in [-0.39, 0.29) is 6.10 Å². The number of allylic oxidation sites excluding steroid dienone is 1. The highest BCUT2D eigenvalue weighted by atomic mass is 16.3. The molecule has 23 heavy (non-hydrogen) atoms. The van der Waals surface area contributed by atoms with Gasteiger partial charge in [0.1, 0.15) is 12.1 Å². The molecular weight excluding hydrogens is 288 g/mol. The molecule has 2 fully saturated rings. The SMILES string of the molecule is Nc1ncnc2c1CC=C2CN1C[C@H](C2CCCCC2)[C@@H](O)C1. The number of likely N-dealkylation sites (tertiary alicyclic amines) is 1. The van der Waals surface area contributed by atoms with E-state index in [4.69, 9.17) is 5.73 Å². The fourth-order valence-electron chi connectivity index (χ4n) is 4.66. The van der Waals surface area contributed by atoms with Crippen molar-refractivity contribution in [2.24, 2.45) is 11.8 Å². The van der Waals surface area contributed by atoms with E-state index >= 15 is 0 Å². The molecule has 0 spiro atoms. The first-order valence-electron chi connectivity index (χ1n) is 8.91. The van der Waals surface area contributed by atoms with E-state index in [0.29, 0.717) is 17.7 Å². The zero-order chi connectivity index (χ0) is 15.8. The fraction of sp³-hybridized carbons (Fsp3) is 0.667. The molecule has 1 saturated heterocycles. The minimum absolute atomic E-state index is 0.171.